The van der Waals surface area contributed by atoms with Crippen molar-refractivity contribution in [1.29, 1.82) is 0 Å². The molecule has 0 fully saturated rings. The zero-order valence-corrected chi connectivity index (χ0v) is 13.8. The van der Waals surface area contributed by atoms with E-state index in [-0.39, 0.29) is 5.69 Å². The molecule has 1 aromatic heterocycles. The van der Waals surface area contributed by atoms with Crippen LogP contribution in [0.3, 0.4) is 0 Å². The number of halogens is 2. The van der Waals surface area contributed by atoms with Crippen LogP contribution in [0.25, 0.3) is 11.3 Å². The molecule has 1 N–H and O–H groups in total. The molecule has 0 aliphatic carbocycles. The summed E-state index contributed by atoms with van der Waals surface area (Å²) in [5.41, 5.74) is 2.11. The lowest BCUT2D eigenvalue weighted by molar-refractivity contribution is -0.384. The Bertz CT molecular complexity index is 845. The number of nitro groups is 1. The average molecular weight is 366 g/mol. The van der Waals surface area contributed by atoms with Gasteiger partial charge in [0, 0.05) is 28.8 Å². The largest absolute Gasteiger partial charge is 0.332 e. The van der Waals surface area contributed by atoms with Crippen molar-refractivity contribution in [3.63, 3.8) is 0 Å². The molecule has 0 saturated heterocycles. The Kier molecular flexibility index (Phi) is 4.47. The molecule has 0 amide bonds. The molecule has 23 heavy (non-hydrogen) atoms. The van der Waals surface area contributed by atoms with Gasteiger partial charge in [0.05, 0.1) is 20.7 Å². The van der Waals surface area contributed by atoms with E-state index in [2.05, 4.69) is 10.3 Å². The SMILES string of the molecule is O=[N+]([O-])c1ccc(Nc2nc(-c3c(Cl)cccc3Cl)cs2)cc1. The number of non-ortho nitro benzene ring substituents is 1. The first-order valence-electron chi connectivity index (χ1n) is 6.46. The van der Waals surface area contributed by atoms with Crippen molar-refractivity contribution in [3.05, 3.63) is 68.0 Å². The Morgan fingerprint density at radius 3 is 2.35 bits per heavy atom. The van der Waals surface area contributed by atoms with E-state index in [4.69, 9.17) is 23.2 Å². The van der Waals surface area contributed by atoms with Gasteiger partial charge in [-0.15, -0.1) is 11.3 Å². The zero-order valence-electron chi connectivity index (χ0n) is 11.5. The van der Waals surface area contributed by atoms with Crippen molar-refractivity contribution < 1.29 is 4.92 Å². The third-order valence-electron chi connectivity index (χ3n) is 3.05. The molecule has 0 spiro atoms. The summed E-state index contributed by atoms with van der Waals surface area (Å²) in [7, 11) is 0. The van der Waals surface area contributed by atoms with Crippen molar-refractivity contribution in [2.24, 2.45) is 0 Å². The molecule has 0 aliphatic rings. The van der Waals surface area contributed by atoms with Crippen LogP contribution in [0, 0.1) is 10.1 Å². The number of nitro benzene ring substituents is 1. The molecule has 0 unspecified atom stereocenters. The van der Waals surface area contributed by atoms with Crippen LogP contribution in [0.4, 0.5) is 16.5 Å². The van der Waals surface area contributed by atoms with Crippen LogP contribution in [-0.2, 0) is 0 Å². The summed E-state index contributed by atoms with van der Waals surface area (Å²) in [5, 5.41) is 17.3. The van der Waals surface area contributed by atoms with E-state index < -0.39 is 4.92 Å². The second-order valence-corrected chi connectivity index (χ2v) is 6.24. The van der Waals surface area contributed by atoms with Gasteiger partial charge in [0.15, 0.2) is 5.13 Å². The molecule has 3 rings (SSSR count). The summed E-state index contributed by atoms with van der Waals surface area (Å²) in [6, 6.07) is 11.4. The van der Waals surface area contributed by atoms with Crippen molar-refractivity contribution in [2.45, 2.75) is 0 Å². The fraction of sp³-hybridized carbons (Fsp3) is 0. The molecular formula is C15H9Cl2N3O2S. The lowest BCUT2D eigenvalue weighted by Gasteiger charge is -2.04. The van der Waals surface area contributed by atoms with Gasteiger partial charge in [-0.25, -0.2) is 4.98 Å². The minimum atomic E-state index is -0.440. The monoisotopic (exact) mass is 365 g/mol. The standard InChI is InChI=1S/C15H9Cl2N3O2S/c16-11-2-1-3-12(17)14(11)13-8-23-15(19-13)18-9-4-6-10(7-5-9)20(21)22/h1-8H,(H,18,19). The minimum Gasteiger partial charge on any atom is -0.332 e. The maximum Gasteiger partial charge on any atom is 0.269 e. The Balaban J connectivity index is 1.84. The Morgan fingerprint density at radius 2 is 1.74 bits per heavy atom. The van der Waals surface area contributed by atoms with Gasteiger partial charge in [-0.3, -0.25) is 10.1 Å². The van der Waals surface area contributed by atoms with E-state index >= 15 is 0 Å². The highest BCUT2D eigenvalue weighted by Crippen LogP contribution is 2.36. The van der Waals surface area contributed by atoms with Gasteiger partial charge in [-0.05, 0) is 24.3 Å². The van der Waals surface area contributed by atoms with Crippen LogP contribution in [0.1, 0.15) is 0 Å². The smallest absolute Gasteiger partial charge is 0.269 e. The summed E-state index contributed by atoms with van der Waals surface area (Å²) in [6.45, 7) is 0. The van der Waals surface area contributed by atoms with Crippen LogP contribution >= 0.6 is 34.5 Å². The van der Waals surface area contributed by atoms with Crippen molar-refractivity contribution in [1.82, 2.24) is 4.98 Å². The summed E-state index contributed by atoms with van der Waals surface area (Å²) >= 11 is 13.7. The van der Waals surface area contributed by atoms with Gasteiger partial charge in [-0.1, -0.05) is 29.3 Å². The molecule has 0 aliphatic heterocycles. The normalized spacial score (nSPS) is 10.5. The maximum atomic E-state index is 10.6. The summed E-state index contributed by atoms with van der Waals surface area (Å²) in [4.78, 5) is 14.7. The van der Waals surface area contributed by atoms with Gasteiger partial charge >= 0.3 is 0 Å². The van der Waals surface area contributed by atoms with Crippen LogP contribution in [0.2, 0.25) is 10.0 Å². The Hall–Kier alpha value is -2.15. The number of rotatable bonds is 4. The highest BCUT2D eigenvalue weighted by atomic mass is 35.5. The van der Waals surface area contributed by atoms with Crippen molar-refractivity contribution in [2.75, 3.05) is 5.32 Å². The average Bonchev–Trinajstić information content (AvgIpc) is 2.96. The Morgan fingerprint density at radius 1 is 1.09 bits per heavy atom. The second-order valence-electron chi connectivity index (χ2n) is 4.56. The molecule has 3 aromatic rings. The number of nitrogens with one attached hydrogen (secondary N) is 1. The number of hydrogen-bond acceptors (Lipinski definition) is 5. The van der Waals surface area contributed by atoms with Crippen LogP contribution in [0.5, 0.6) is 0 Å². The highest BCUT2D eigenvalue weighted by molar-refractivity contribution is 7.14. The first kappa shape index (κ1) is 15.7. The molecule has 1 heterocycles. The van der Waals surface area contributed by atoms with Gasteiger partial charge in [0.1, 0.15) is 0 Å². The molecule has 0 bridgehead atoms. The second kappa shape index (κ2) is 6.54. The highest BCUT2D eigenvalue weighted by Gasteiger charge is 2.12. The summed E-state index contributed by atoms with van der Waals surface area (Å²) < 4.78 is 0. The summed E-state index contributed by atoms with van der Waals surface area (Å²) in [5.74, 6) is 0. The lowest BCUT2D eigenvalue weighted by atomic mass is 10.2. The molecular weight excluding hydrogens is 357 g/mol. The van der Waals surface area contributed by atoms with Gasteiger partial charge in [0.25, 0.3) is 5.69 Å². The van der Waals surface area contributed by atoms with Crippen LogP contribution in [0.15, 0.2) is 47.8 Å². The molecule has 5 nitrogen and oxygen atoms in total. The molecule has 2 aromatic carbocycles. The van der Waals surface area contributed by atoms with Crippen LogP contribution < -0.4 is 5.32 Å². The molecule has 0 saturated carbocycles. The zero-order chi connectivity index (χ0) is 16.4. The number of thiazole rings is 1. The van der Waals surface area contributed by atoms with Gasteiger partial charge < -0.3 is 5.32 Å². The van der Waals surface area contributed by atoms with Crippen molar-refractivity contribution in [3.8, 4) is 11.3 Å². The molecule has 0 radical (unpaired) electrons. The van der Waals surface area contributed by atoms with E-state index in [0.29, 0.717) is 32.1 Å². The number of aromatic nitrogens is 1. The third kappa shape index (κ3) is 3.44. The fourth-order valence-corrected chi connectivity index (χ4v) is 3.29. The lowest BCUT2D eigenvalue weighted by Crippen LogP contribution is -1.91. The number of anilines is 2. The Labute approximate surface area is 145 Å². The third-order valence-corrected chi connectivity index (χ3v) is 4.44. The van der Waals surface area contributed by atoms with E-state index in [0.717, 1.165) is 0 Å². The first-order chi connectivity index (χ1) is 11.0. The van der Waals surface area contributed by atoms with Gasteiger partial charge in [0.2, 0.25) is 0 Å². The van der Waals surface area contributed by atoms with Gasteiger partial charge in [-0.2, -0.15) is 0 Å². The number of nitrogens with zero attached hydrogens (tertiary/aromatic N) is 2. The van der Waals surface area contributed by atoms with Crippen molar-refractivity contribution >= 4 is 51.0 Å². The predicted molar refractivity (Wildman–Crippen MR) is 93.9 cm³/mol. The number of benzene rings is 2. The van der Waals surface area contributed by atoms with Crippen LogP contribution in [-0.4, -0.2) is 9.91 Å². The topological polar surface area (TPSA) is 68.1 Å². The fourth-order valence-electron chi connectivity index (χ4n) is 1.98. The van der Waals surface area contributed by atoms with E-state index in [1.807, 2.05) is 5.38 Å². The minimum absolute atomic E-state index is 0.0400. The van der Waals surface area contributed by atoms with E-state index in [1.165, 1.54) is 23.5 Å². The predicted octanol–water partition coefficient (Wildman–Crippen LogP) is 5.77. The quantitative estimate of drug-likeness (QED) is 0.470. The maximum absolute atomic E-state index is 10.6. The summed E-state index contributed by atoms with van der Waals surface area (Å²) in [6.07, 6.45) is 0. The van der Waals surface area contributed by atoms with E-state index in [1.54, 1.807) is 30.3 Å². The molecule has 8 heteroatoms. The first-order valence-corrected chi connectivity index (χ1v) is 8.09. The molecule has 116 valence electrons. The molecule has 0 atom stereocenters. The van der Waals surface area contributed by atoms with E-state index in [9.17, 15) is 10.1 Å². The number of hydrogen-bond donors (Lipinski definition) is 1.